The number of methoxy groups -OCH3 is 1. The summed E-state index contributed by atoms with van der Waals surface area (Å²) in [5.41, 5.74) is 9.98. The predicted octanol–water partition coefficient (Wildman–Crippen LogP) is 2.96. The topological polar surface area (TPSA) is 60.2 Å². The summed E-state index contributed by atoms with van der Waals surface area (Å²) in [6.45, 7) is 0. The van der Waals surface area contributed by atoms with Crippen molar-refractivity contribution in [1.82, 2.24) is 4.98 Å². The van der Waals surface area contributed by atoms with Gasteiger partial charge >= 0.3 is 0 Å². The van der Waals surface area contributed by atoms with E-state index in [0.29, 0.717) is 4.99 Å². The summed E-state index contributed by atoms with van der Waals surface area (Å²) in [5, 5.41) is 3.30. The van der Waals surface area contributed by atoms with Crippen molar-refractivity contribution >= 4 is 28.7 Å². The summed E-state index contributed by atoms with van der Waals surface area (Å²) < 4.78 is 5.16. The molecule has 0 fully saturated rings. The summed E-state index contributed by atoms with van der Waals surface area (Å²) in [6, 6.07) is 9.75. The Labute approximate surface area is 129 Å². The molecule has 21 heavy (non-hydrogen) atoms. The first-order chi connectivity index (χ1) is 10.2. The molecule has 0 saturated heterocycles. The Bertz CT molecular complexity index is 683. The minimum Gasteiger partial charge on any atom is -0.497 e. The molecule has 0 saturated carbocycles. The predicted molar refractivity (Wildman–Crippen MR) is 88.4 cm³/mol. The Kier molecular flexibility index (Phi) is 3.75. The number of thiocarbonyl (C=S) groups is 1. The first kappa shape index (κ1) is 13.8. The van der Waals surface area contributed by atoms with Crippen LogP contribution in [0.2, 0.25) is 0 Å². The Morgan fingerprint density at radius 1 is 1.29 bits per heavy atom. The molecule has 5 heteroatoms. The summed E-state index contributed by atoms with van der Waals surface area (Å²) >= 11 is 5.15. The van der Waals surface area contributed by atoms with E-state index in [-0.39, 0.29) is 0 Å². The second kappa shape index (κ2) is 5.69. The lowest BCUT2D eigenvalue weighted by Gasteiger charge is -2.13. The van der Waals surface area contributed by atoms with E-state index in [1.165, 1.54) is 5.56 Å². The van der Waals surface area contributed by atoms with Gasteiger partial charge in [-0.05, 0) is 55.2 Å². The lowest BCUT2D eigenvalue weighted by atomic mass is 10.1. The highest BCUT2D eigenvalue weighted by Gasteiger charge is 2.17. The first-order valence-electron chi connectivity index (χ1n) is 6.91. The zero-order chi connectivity index (χ0) is 14.8. The molecule has 0 aliphatic heterocycles. The number of nitrogens with zero attached hydrogens (tertiary/aromatic N) is 1. The van der Waals surface area contributed by atoms with Crippen molar-refractivity contribution in [2.24, 2.45) is 5.73 Å². The van der Waals surface area contributed by atoms with E-state index in [1.807, 2.05) is 24.3 Å². The lowest BCUT2D eigenvalue weighted by Crippen LogP contribution is -2.14. The molecule has 0 amide bonds. The summed E-state index contributed by atoms with van der Waals surface area (Å²) in [5.74, 6) is 1.55. The van der Waals surface area contributed by atoms with Gasteiger partial charge in [-0.15, -0.1) is 0 Å². The molecule has 1 aromatic heterocycles. The largest absolute Gasteiger partial charge is 0.497 e. The van der Waals surface area contributed by atoms with E-state index in [1.54, 1.807) is 7.11 Å². The van der Waals surface area contributed by atoms with Gasteiger partial charge < -0.3 is 15.8 Å². The minimum absolute atomic E-state index is 0.369. The van der Waals surface area contributed by atoms with Crippen molar-refractivity contribution in [3.63, 3.8) is 0 Å². The summed E-state index contributed by atoms with van der Waals surface area (Å²) in [4.78, 5) is 5.07. The quantitative estimate of drug-likeness (QED) is 0.850. The molecule has 0 atom stereocenters. The van der Waals surface area contributed by atoms with Crippen LogP contribution in [0.5, 0.6) is 5.75 Å². The van der Waals surface area contributed by atoms with Gasteiger partial charge in [0.15, 0.2) is 0 Å². The van der Waals surface area contributed by atoms with Crippen LogP contribution < -0.4 is 15.8 Å². The van der Waals surface area contributed by atoms with Crippen molar-refractivity contribution < 1.29 is 4.74 Å². The van der Waals surface area contributed by atoms with Crippen LogP contribution in [0.4, 0.5) is 11.5 Å². The van der Waals surface area contributed by atoms with Crippen molar-refractivity contribution in [3.8, 4) is 5.75 Å². The summed E-state index contributed by atoms with van der Waals surface area (Å²) in [7, 11) is 1.65. The standard InChI is InChI=1S/C16H17N3OS/c1-20-12-7-5-11(6-8-12)18-16-13(15(17)21)9-10-3-2-4-14(10)19-16/h5-9H,2-4H2,1H3,(H2,17,21)(H,18,19). The molecule has 3 rings (SSSR count). The average Bonchev–Trinajstić information content (AvgIpc) is 2.94. The first-order valence-corrected chi connectivity index (χ1v) is 7.32. The van der Waals surface area contributed by atoms with E-state index >= 15 is 0 Å². The summed E-state index contributed by atoms with van der Waals surface area (Å²) in [6.07, 6.45) is 3.22. The van der Waals surface area contributed by atoms with Crippen LogP contribution in [-0.4, -0.2) is 17.1 Å². The van der Waals surface area contributed by atoms with Gasteiger partial charge in [-0.2, -0.15) is 0 Å². The monoisotopic (exact) mass is 299 g/mol. The van der Waals surface area contributed by atoms with Crippen LogP contribution >= 0.6 is 12.2 Å². The Hall–Kier alpha value is -2.14. The van der Waals surface area contributed by atoms with E-state index < -0.39 is 0 Å². The van der Waals surface area contributed by atoms with Gasteiger partial charge in [0.25, 0.3) is 0 Å². The molecule has 0 spiro atoms. The average molecular weight is 299 g/mol. The van der Waals surface area contributed by atoms with Crippen molar-refractivity contribution in [2.45, 2.75) is 19.3 Å². The third-order valence-electron chi connectivity index (χ3n) is 3.67. The van der Waals surface area contributed by atoms with Crippen LogP contribution in [0, 0.1) is 0 Å². The maximum Gasteiger partial charge on any atom is 0.140 e. The molecule has 2 aromatic rings. The van der Waals surface area contributed by atoms with Gasteiger partial charge in [-0.25, -0.2) is 4.98 Å². The van der Waals surface area contributed by atoms with Gasteiger partial charge in [0.05, 0.1) is 12.7 Å². The number of rotatable bonds is 4. The van der Waals surface area contributed by atoms with Crippen LogP contribution in [-0.2, 0) is 12.8 Å². The van der Waals surface area contributed by atoms with E-state index in [2.05, 4.69) is 11.4 Å². The number of benzene rings is 1. The van der Waals surface area contributed by atoms with E-state index in [4.69, 9.17) is 27.7 Å². The number of fused-ring (bicyclic) bond motifs is 1. The fourth-order valence-electron chi connectivity index (χ4n) is 2.57. The maximum absolute atomic E-state index is 5.84. The highest BCUT2D eigenvalue weighted by Crippen LogP contribution is 2.27. The number of hydrogen-bond acceptors (Lipinski definition) is 4. The minimum atomic E-state index is 0.369. The zero-order valence-corrected chi connectivity index (χ0v) is 12.7. The number of aryl methyl sites for hydroxylation is 2. The molecule has 0 radical (unpaired) electrons. The van der Waals surface area contributed by atoms with Gasteiger partial charge in [0.1, 0.15) is 16.6 Å². The van der Waals surface area contributed by atoms with Crippen LogP contribution in [0.25, 0.3) is 0 Å². The number of nitrogens with one attached hydrogen (secondary N) is 1. The lowest BCUT2D eigenvalue weighted by molar-refractivity contribution is 0.415. The fraction of sp³-hybridized carbons (Fsp3) is 0.250. The second-order valence-corrected chi connectivity index (χ2v) is 5.50. The van der Waals surface area contributed by atoms with Gasteiger partial charge in [-0.3, -0.25) is 0 Å². The third-order valence-corrected chi connectivity index (χ3v) is 3.89. The van der Waals surface area contributed by atoms with E-state index in [0.717, 1.165) is 47.8 Å². The molecule has 0 bridgehead atoms. The number of anilines is 2. The molecule has 1 aromatic carbocycles. The van der Waals surface area contributed by atoms with Crippen LogP contribution in [0.1, 0.15) is 23.2 Å². The van der Waals surface area contributed by atoms with Gasteiger partial charge in [0, 0.05) is 11.4 Å². The highest BCUT2D eigenvalue weighted by atomic mass is 32.1. The molecule has 4 nitrogen and oxygen atoms in total. The Morgan fingerprint density at radius 2 is 2.05 bits per heavy atom. The SMILES string of the molecule is COc1ccc(Nc2nc3c(cc2C(N)=S)CCC3)cc1. The van der Waals surface area contributed by atoms with Gasteiger partial charge in [-0.1, -0.05) is 12.2 Å². The van der Waals surface area contributed by atoms with Crippen molar-refractivity contribution in [1.29, 1.82) is 0 Å². The smallest absolute Gasteiger partial charge is 0.140 e. The maximum atomic E-state index is 5.84. The second-order valence-electron chi connectivity index (χ2n) is 5.06. The van der Waals surface area contributed by atoms with Crippen LogP contribution in [0.15, 0.2) is 30.3 Å². The number of hydrogen-bond donors (Lipinski definition) is 2. The normalized spacial score (nSPS) is 12.8. The van der Waals surface area contributed by atoms with Crippen molar-refractivity contribution in [3.05, 3.63) is 47.2 Å². The molecular formula is C16H17N3OS. The van der Waals surface area contributed by atoms with Crippen molar-refractivity contribution in [2.75, 3.05) is 12.4 Å². The zero-order valence-electron chi connectivity index (χ0n) is 11.8. The fourth-order valence-corrected chi connectivity index (χ4v) is 2.72. The highest BCUT2D eigenvalue weighted by molar-refractivity contribution is 7.80. The molecule has 1 heterocycles. The number of nitrogens with two attached hydrogens (primary N) is 1. The molecule has 1 aliphatic rings. The number of aromatic nitrogens is 1. The number of ether oxygens (including phenoxy) is 1. The Balaban J connectivity index is 1.94. The molecule has 108 valence electrons. The van der Waals surface area contributed by atoms with Gasteiger partial charge in [0.2, 0.25) is 0 Å². The molecule has 1 aliphatic carbocycles. The third kappa shape index (κ3) is 2.83. The van der Waals surface area contributed by atoms with Crippen LogP contribution in [0.3, 0.4) is 0 Å². The number of pyridine rings is 1. The molecule has 0 unspecified atom stereocenters. The molecular weight excluding hydrogens is 282 g/mol. The van der Waals surface area contributed by atoms with E-state index in [9.17, 15) is 0 Å². The Morgan fingerprint density at radius 3 is 2.71 bits per heavy atom. The molecule has 3 N–H and O–H groups in total.